The number of aryl methyl sites for hydroxylation is 1. The van der Waals surface area contributed by atoms with Crippen LogP contribution >= 0.6 is 0 Å². The van der Waals surface area contributed by atoms with Crippen molar-refractivity contribution in [3.05, 3.63) is 82.8 Å². The highest BCUT2D eigenvalue weighted by molar-refractivity contribution is 7.92. The molecule has 4 aromatic heterocycles. The van der Waals surface area contributed by atoms with Gasteiger partial charge in [-0.1, -0.05) is 19.9 Å². The van der Waals surface area contributed by atoms with Gasteiger partial charge in [-0.3, -0.25) is 9.78 Å². The number of aromatic nitrogens is 3. The lowest BCUT2D eigenvalue weighted by Crippen LogP contribution is -2.25. The number of hydrogen-bond acceptors (Lipinski definition) is 6. The molecule has 45 heavy (non-hydrogen) atoms. The summed E-state index contributed by atoms with van der Waals surface area (Å²) in [6.07, 6.45) is 7.27. The fourth-order valence-electron chi connectivity index (χ4n) is 6.43. The Hall–Kier alpha value is -4.41. The van der Waals surface area contributed by atoms with E-state index in [0.29, 0.717) is 56.8 Å². The van der Waals surface area contributed by atoms with E-state index in [9.17, 15) is 13.7 Å². The standard InChI is InChI=1S/C35H34FN5O3S/c1-19(2)26-11-10-21(18-38-26)34-32(35(42)37-3)24-15-23(29(17-31(24)44-34)40(4)45(5)43)27-12-9-20-13-14-41-28-8-6-7-25(36)22(28)16-30(41)33(20)39-27/h7,9-12,15-19H,6,8,13-14H2,1-5H3,(H,37,42). The van der Waals surface area contributed by atoms with E-state index in [4.69, 9.17) is 9.40 Å². The van der Waals surface area contributed by atoms with Gasteiger partial charge in [0, 0.05) is 59.3 Å². The zero-order chi connectivity index (χ0) is 31.6. The lowest BCUT2D eigenvalue weighted by molar-refractivity contribution is 0.0964. The summed E-state index contributed by atoms with van der Waals surface area (Å²) in [6.45, 7) is 4.93. The molecular formula is C35H34FN5O3S. The summed E-state index contributed by atoms with van der Waals surface area (Å²) in [6, 6.07) is 13.5. The van der Waals surface area contributed by atoms with E-state index < -0.39 is 11.4 Å². The van der Waals surface area contributed by atoms with Gasteiger partial charge in [0.15, 0.2) is 0 Å². The van der Waals surface area contributed by atoms with Gasteiger partial charge in [-0.05, 0) is 67.2 Å². The summed E-state index contributed by atoms with van der Waals surface area (Å²) < 4.78 is 37.9. The quantitative estimate of drug-likeness (QED) is 0.204. The number of allylic oxidation sites excluding steroid dienone is 1. The van der Waals surface area contributed by atoms with Crippen LogP contribution in [0.4, 0.5) is 10.1 Å². The average molecular weight is 624 g/mol. The second-order valence-corrected chi connectivity index (χ2v) is 13.3. The maximum absolute atomic E-state index is 14.8. The Kier molecular flexibility index (Phi) is 7.29. The molecule has 1 amide bonds. The van der Waals surface area contributed by atoms with Gasteiger partial charge in [-0.15, -0.1) is 0 Å². The van der Waals surface area contributed by atoms with Gasteiger partial charge in [-0.2, -0.15) is 4.31 Å². The average Bonchev–Trinajstić information content (AvgIpc) is 3.62. The molecule has 1 unspecified atom stereocenters. The highest BCUT2D eigenvalue weighted by atomic mass is 32.2. The Morgan fingerprint density at radius 1 is 1.16 bits per heavy atom. The molecule has 0 fully saturated rings. The first-order valence-corrected chi connectivity index (χ1v) is 16.6. The summed E-state index contributed by atoms with van der Waals surface area (Å²) in [5, 5.41) is 3.37. The number of carbonyl (C=O) groups is 1. The number of fused-ring (bicyclic) bond motifs is 6. The number of amides is 1. The molecular weight excluding hydrogens is 589 g/mol. The third-order valence-electron chi connectivity index (χ3n) is 8.90. The number of benzene rings is 1. The molecule has 0 radical (unpaired) electrons. The number of nitrogens with zero attached hydrogens (tertiary/aromatic N) is 4. The Balaban J connectivity index is 1.44. The molecule has 5 aromatic rings. The van der Waals surface area contributed by atoms with Crippen molar-refractivity contribution < 1.29 is 18.2 Å². The van der Waals surface area contributed by atoms with Gasteiger partial charge in [0.05, 0.1) is 46.7 Å². The molecule has 1 N–H and O–H groups in total. The van der Waals surface area contributed by atoms with E-state index in [2.05, 4.69) is 34.8 Å². The van der Waals surface area contributed by atoms with Crippen LogP contribution in [-0.2, 0) is 30.7 Å². The highest BCUT2D eigenvalue weighted by Gasteiger charge is 2.29. The third kappa shape index (κ3) is 4.83. The first kappa shape index (κ1) is 29.3. The van der Waals surface area contributed by atoms with Gasteiger partial charge in [-0.25, -0.2) is 9.37 Å². The van der Waals surface area contributed by atoms with Crippen molar-refractivity contribution in [1.82, 2.24) is 19.9 Å². The lowest BCUT2D eigenvalue weighted by atomic mass is 9.98. The molecule has 0 saturated carbocycles. The molecule has 1 aliphatic heterocycles. The minimum absolute atomic E-state index is 0.179. The largest absolute Gasteiger partial charge is 0.593 e. The predicted molar refractivity (Wildman–Crippen MR) is 177 cm³/mol. The first-order chi connectivity index (χ1) is 21.7. The van der Waals surface area contributed by atoms with Crippen molar-refractivity contribution >= 4 is 39.8 Å². The maximum Gasteiger partial charge on any atom is 0.255 e. The van der Waals surface area contributed by atoms with Crippen LogP contribution in [0, 0.1) is 0 Å². The fourth-order valence-corrected chi connectivity index (χ4v) is 6.86. The molecule has 2 aliphatic rings. The van der Waals surface area contributed by atoms with Gasteiger partial charge in [0.25, 0.3) is 5.91 Å². The maximum atomic E-state index is 14.8. The molecule has 1 aromatic carbocycles. The smallest absolute Gasteiger partial charge is 0.255 e. The SMILES string of the molecule is CNC(=O)c1c(-c2ccc(C(C)C)nc2)oc2cc(N(C)[S+](C)[O-])c(-c3ccc4c(n3)-c3cc5c(n3CC4)CCC=C5F)cc12. The van der Waals surface area contributed by atoms with Gasteiger partial charge in [0.1, 0.15) is 23.4 Å². The zero-order valence-corrected chi connectivity index (χ0v) is 26.7. The highest BCUT2D eigenvalue weighted by Crippen LogP contribution is 2.43. The van der Waals surface area contributed by atoms with Crippen LogP contribution in [0.25, 0.3) is 50.8 Å². The van der Waals surface area contributed by atoms with Crippen LogP contribution in [0.15, 0.2) is 59.2 Å². The number of pyridine rings is 2. The molecule has 5 heterocycles. The van der Waals surface area contributed by atoms with E-state index in [1.807, 2.05) is 36.4 Å². The third-order valence-corrected chi connectivity index (χ3v) is 9.87. The lowest BCUT2D eigenvalue weighted by Gasteiger charge is -2.24. The molecule has 1 atom stereocenters. The Labute approximate surface area is 264 Å². The number of hydrogen-bond donors (Lipinski definition) is 1. The molecule has 0 bridgehead atoms. The number of nitrogens with one attached hydrogen (secondary N) is 1. The minimum Gasteiger partial charge on any atom is -0.593 e. The van der Waals surface area contributed by atoms with Crippen LogP contribution in [-0.4, -0.2) is 45.3 Å². The van der Waals surface area contributed by atoms with Gasteiger partial charge < -0.3 is 18.9 Å². The van der Waals surface area contributed by atoms with Crippen LogP contribution in [0.5, 0.6) is 0 Å². The number of carbonyl (C=O) groups excluding carboxylic acids is 1. The van der Waals surface area contributed by atoms with E-state index >= 15 is 0 Å². The molecule has 0 spiro atoms. The molecule has 10 heteroatoms. The molecule has 8 nitrogen and oxygen atoms in total. The monoisotopic (exact) mass is 623 g/mol. The van der Waals surface area contributed by atoms with Gasteiger partial charge in [0.2, 0.25) is 0 Å². The fraction of sp³-hybridized carbons (Fsp3) is 0.286. The van der Waals surface area contributed by atoms with Crippen LogP contribution in [0.1, 0.15) is 59.1 Å². The second kappa shape index (κ2) is 11.2. The van der Waals surface area contributed by atoms with Crippen molar-refractivity contribution in [2.45, 2.75) is 45.6 Å². The van der Waals surface area contributed by atoms with Crippen LogP contribution < -0.4 is 9.62 Å². The van der Waals surface area contributed by atoms with E-state index in [0.717, 1.165) is 47.7 Å². The number of halogens is 1. The van der Waals surface area contributed by atoms with Gasteiger partial charge >= 0.3 is 0 Å². The number of rotatable bonds is 6. The Morgan fingerprint density at radius 3 is 2.69 bits per heavy atom. The van der Waals surface area contributed by atoms with Crippen LogP contribution in [0.3, 0.4) is 0 Å². The Morgan fingerprint density at radius 2 is 1.98 bits per heavy atom. The van der Waals surface area contributed by atoms with Crippen molar-refractivity contribution in [3.63, 3.8) is 0 Å². The van der Waals surface area contributed by atoms with E-state index in [1.165, 1.54) is 0 Å². The summed E-state index contributed by atoms with van der Waals surface area (Å²) in [5.74, 6) is 0.200. The Bertz CT molecular complexity index is 2010. The molecule has 230 valence electrons. The number of furan rings is 1. The van der Waals surface area contributed by atoms with Crippen molar-refractivity contribution in [1.29, 1.82) is 0 Å². The van der Waals surface area contributed by atoms with Crippen molar-refractivity contribution in [2.75, 3.05) is 24.7 Å². The van der Waals surface area contributed by atoms with Crippen LogP contribution in [0.2, 0.25) is 0 Å². The summed E-state index contributed by atoms with van der Waals surface area (Å²) >= 11 is -1.36. The first-order valence-electron chi connectivity index (χ1n) is 15.1. The normalized spacial score (nSPS) is 14.5. The molecule has 0 saturated heterocycles. The topological polar surface area (TPSA) is 99.2 Å². The predicted octanol–water partition coefficient (Wildman–Crippen LogP) is 7.05. The van der Waals surface area contributed by atoms with E-state index in [1.54, 1.807) is 36.9 Å². The van der Waals surface area contributed by atoms with Crippen molar-refractivity contribution in [3.8, 4) is 34.0 Å². The zero-order valence-electron chi connectivity index (χ0n) is 25.9. The molecule has 1 aliphatic carbocycles. The summed E-state index contributed by atoms with van der Waals surface area (Å²) in [7, 11) is 3.34. The van der Waals surface area contributed by atoms with E-state index in [-0.39, 0.29) is 17.7 Å². The summed E-state index contributed by atoms with van der Waals surface area (Å²) in [4.78, 5) is 23.1. The number of anilines is 1. The molecule has 7 rings (SSSR count). The summed E-state index contributed by atoms with van der Waals surface area (Å²) in [5.41, 5.74) is 8.96. The minimum atomic E-state index is -1.36. The second-order valence-electron chi connectivity index (χ2n) is 11.9. The van der Waals surface area contributed by atoms with Crippen molar-refractivity contribution in [2.24, 2.45) is 0 Å².